The van der Waals surface area contributed by atoms with Crippen LogP contribution < -0.4 is 4.74 Å². The first-order chi connectivity index (χ1) is 21.7. The van der Waals surface area contributed by atoms with Gasteiger partial charge in [-0.15, -0.1) is 0 Å². The van der Waals surface area contributed by atoms with Gasteiger partial charge in [-0.2, -0.15) is 0 Å². The minimum atomic E-state index is -2.79. The molecule has 1 unspecified atom stereocenters. The van der Waals surface area contributed by atoms with E-state index in [4.69, 9.17) is 13.8 Å². The highest BCUT2D eigenvalue weighted by molar-refractivity contribution is 7.39. The van der Waals surface area contributed by atoms with Gasteiger partial charge in [0.15, 0.2) is 0 Å². The molecule has 5 N–H and O–H groups in total. The van der Waals surface area contributed by atoms with E-state index in [-0.39, 0.29) is 34.9 Å². The van der Waals surface area contributed by atoms with Crippen LogP contribution >= 0.6 is 17.2 Å². The first kappa shape index (κ1) is 42.0. The fraction of sp³-hybridized carbons (Fsp3) is 0.676. The Morgan fingerprint density at radius 1 is 0.596 bits per heavy atom. The Labute approximate surface area is 286 Å². The van der Waals surface area contributed by atoms with Crippen LogP contribution in [0.2, 0.25) is 0 Å². The molecule has 0 aromatic heterocycles. The number of aliphatic hydroxyl groups excluding tert-OH is 1. The minimum absolute atomic E-state index is 0.0634. The maximum absolute atomic E-state index is 11.2. The Morgan fingerprint density at radius 3 is 1.40 bits per heavy atom. The van der Waals surface area contributed by atoms with Crippen LogP contribution in [0.25, 0.3) is 0 Å². The predicted molar refractivity (Wildman–Crippen MR) is 194 cm³/mol. The van der Waals surface area contributed by atoms with E-state index in [2.05, 4.69) is 107 Å². The standard InChI is InChI=1S/C37H62O8P2/c1-13-33(5,6)26-17-19-28(29(21-26)35(9,10)15-3)32(37(23-38,24-43-46(39)40)25-44-47(41)42)45-31-20-18-27(34(7,8)14-2)22-30(31)36(11,12)16-4/h17-22,32,38-42H,13-16,23-25H2,1-12H3. The van der Waals surface area contributed by atoms with E-state index in [0.717, 1.165) is 42.4 Å². The van der Waals surface area contributed by atoms with Crippen molar-refractivity contribution in [3.8, 4) is 5.75 Å². The number of rotatable bonds is 19. The van der Waals surface area contributed by atoms with Gasteiger partial charge in [-0.1, -0.05) is 113 Å². The molecule has 0 heterocycles. The van der Waals surface area contributed by atoms with Gasteiger partial charge in [0.05, 0.1) is 25.2 Å². The van der Waals surface area contributed by atoms with Crippen LogP contribution in [0.4, 0.5) is 0 Å². The summed E-state index contributed by atoms with van der Waals surface area (Å²) in [5.41, 5.74) is 2.96. The van der Waals surface area contributed by atoms with Crippen molar-refractivity contribution in [3.63, 3.8) is 0 Å². The summed E-state index contributed by atoms with van der Waals surface area (Å²) in [5, 5.41) is 11.2. The second-order valence-electron chi connectivity index (χ2n) is 15.5. The molecule has 0 amide bonds. The molecule has 2 aromatic rings. The largest absolute Gasteiger partial charge is 0.485 e. The van der Waals surface area contributed by atoms with Crippen LogP contribution in [0.3, 0.4) is 0 Å². The summed E-state index contributed by atoms with van der Waals surface area (Å²) in [6, 6.07) is 12.7. The maximum atomic E-state index is 11.2. The van der Waals surface area contributed by atoms with Gasteiger partial charge in [0.2, 0.25) is 0 Å². The maximum Gasteiger partial charge on any atom is 0.327 e. The van der Waals surface area contributed by atoms with Gasteiger partial charge in [-0.05, 0) is 75.7 Å². The molecule has 8 nitrogen and oxygen atoms in total. The van der Waals surface area contributed by atoms with Gasteiger partial charge in [0.25, 0.3) is 0 Å². The Bertz CT molecular complexity index is 1280. The molecule has 47 heavy (non-hydrogen) atoms. The highest BCUT2D eigenvalue weighted by Gasteiger charge is 2.46. The van der Waals surface area contributed by atoms with Crippen LogP contribution in [-0.4, -0.2) is 44.5 Å². The smallest absolute Gasteiger partial charge is 0.327 e. The van der Waals surface area contributed by atoms with E-state index < -0.39 is 35.3 Å². The van der Waals surface area contributed by atoms with Crippen LogP contribution in [0.5, 0.6) is 5.75 Å². The third-order valence-electron chi connectivity index (χ3n) is 10.9. The number of hydrogen-bond donors (Lipinski definition) is 5. The molecule has 10 heteroatoms. The number of aliphatic hydroxyl groups is 1. The summed E-state index contributed by atoms with van der Waals surface area (Å²) in [4.78, 5) is 39.4. The molecule has 0 aliphatic carbocycles. The van der Waals surface area contributed by atoms with Crippen molar-refractivity contribution in [2.24, 2.45) is 5.41 Å². The van der Waals surface area contributed by atoms with E-state index in [0.29, 0.717) is 5.75 Å². The lowest BCUT2D eigenvalue weighted by molar-refractivity contribution is -0.0664. The van der Waals surface area contributed by atoms with Crippen LogP contribution in [0, 0.1) is 5.41 Å². The molecule has 0 saturated heterocycles. The van der Waals surface area contributed by atoms with Crippen LogP contribution in [0.1, 0.15) is 143 Å². The van der Waals surface area contributed by atoms with Crippen molar-refractivity contribution in [2.45, 2.75) is 137 Å². The molecule has 0 spiro atoms. The van der Waals surface area contributed by atoms with Crippen LogP contribution in [0.15, 0.2) is 36.4 Å². The third-order valence-corrected chi connectivity index (χ3v) is 11.6. The monoisotopic (exact) mass is 696 g/mol. The summed E-state index contributed by atoms with van der Waals surface area (Å²) in [7, 11) is -5.59. The molecule has 1 atom stereocenters. The first-order valence-corrected chi connectivity index (χ1v) is 19.2. The Kier molecular flexibility index (Phi) is 14.9. The molecule has 2 rings (SSSR count). The zero-order chi connectivity index (χ0) is 36.0. The van der Waals surface area contributed by atoms with Gasteiger partial charge in [-0.3, -0.25) is 0 Å². The Balaban J connectivity index is 3.08. The summed E-state index contributed by atoms with van der Waals surface area (Å²) in [6.07, 6.45) is 2.59. The normalized spacial score (nSPS) is 14.3. The van der Waals surface area contributed by atoms with E-state index in [9.17, 15) is 24.7 Å². The second-order valence-corrected chi connectivity index (χ2v) is 17.1. The molecule has 0 radical (unpaired) electrons. The molecule has 2 aromatic carbocycles. The Morgan fingerprint density at radius 2 is 1.00 bits per heavy atom. The zero-order valence-corrected chi connectivity index (χ0v) is 32.6. The molecule has 0 saturated carbocycles. The van der Waals surface area contributed by atoms with Gasteiger partial charge in [0.1, 0.15) is 11.9 Å². The number of ether oxygens (including phenoxy) is 1. The summed E-state index contributed by atoms with van der Waals surface area (Å²) >= 11 is 0. The molecule has 0 aliphatic rings. The highest BCUT2D eigenvalue weighted by atomic mass is 31.2. The second kappa shape index (κ2) is 16.7. The van der Waals surface area contributed by atoms with E-state index in [1.807, 2.05) is 12.1 Å². The van der Waals surface area contributed by atoms with Gasteiger partial charge in [-0.25, -0.2) is 0 Å². The lowest BCUT2D eigenvalue weighted by atomic mass is 9.70. The average Bonchev–Trinajstić information content (AvgIpc) is 3.03. The SMILES string of the molecule is CCC(C)(C)c1ccc(OC(c2ccc(C(C)(C)CC)cc2C(C)(C)CC)C(CO)(COP(O)O)COP(O)O)c(C(C)(C)CC)c1. The van der Waals surface area contributed by atoms with Gasteiger partial charge >= 0.3 is 17.2 Å². The van der Waals surface area contributed by atoms with Crippen molar-refractivity contribution in [2.75, 3.05) is 19.8 Å². The van der Waals surface area contributed by atoms with Crippen molar-refractivity contribution < 1.29 is 38.5 Å². The average molecular weight is 697 g/mol. The van der Waals surface area contributed by atoms with Crippen molar-refractivity contribution in [1.29, 1.82) is 0 Å². The lowest BCUT2D eigenvalue weighted by Crippen LogP contribution is -2.45. The number of benzene rings is 2. The van der Waals surface area contributed by atoms with E-state index in [1.165, 1.54) is 11.1 Å². The van der Waals surface area contributed by atoms with E-state index in [1.54, 1.807) is 0 Å². The zero-order valence-electron chi connectivity index (χ0n) is 30.8. The highest BCUT2D eigenvalue weighted by Crippen LogP contribution is 2.49. The first-order valence-electron chi connectivity index (χ1n) is 16.9. The minimum Gasteiger partial charge on any atom is -0.485 e. The molecule has 0 aliphatic heterocycles. The fourth-order valence-corrected chi connectivity index (χ4v) is 6.29. The number of hydrogen-bond acceptors (Lipinski definition) is 8. The molecular weight excluding hydrogens is 634 g/mol. The predicted octanol–water partition coefficient (Wildman–Crippen LogP) is 8.99. The van der Waals surface area contributed by atoms with E-state index >= 15 is 0 Å². The molecule has 268 valence electrons. The summed E-state index contributed by atoms with van der Waals surface area (Å²) in [5.74, 6) is 0.624. The molecule has 0 bridgehead atoms. The Hall–Kier alpha value is -1.18. The van der Waals surface area contributed by atoms with Crippen molar-refractivity contribution >= 4 is 17.2 Å². The third kappa shape index (κ3) is 10.2. The fourth-order valence-electron chi connectivity index (χ4n) is 5.55. The van der Waals surface area contributed by atoms with Crippen LogP contribution in [-0.2, 0) is 30.7 Å². The summed E-state index contributed by atoms with van der Waals surface area (Å²) in [6.45, 7) is 24.9. The molecule has 0 fully saturated rings. The van der Waals surface area contributed by atoms with Gasteiger partial charge < -0.3 is 38.5 Å². The van der Waals surface area contributed by atoms with Crippen molar-refractivity contribution in [3.05, 3.63) is 64.2 Å². The quantitative estimate of drug-likeness (QED) is 0.0921. The molecular formula is C37H62O8P2. The lowest BCUT2D eigenvalue weighted by Gasteiger charge is -2.42. The van der Waals surface area contributed by atoms with Crippen molar-refractivity contribution in [1.82, 2.24) is 0 Å². The van der Waals surface area contributed by atoms with Gasteiger partial charge in [0, 0.05) is 5.56 Å². The summed E-state index contributed by atoms with van der Waals surface area (Å²) < 4.78 is 18.0. The topological polar surface area (TPSA) is 129 Å².